The zero-order valence-electron chi connectivity index (χ0n) is 12.9. The normalized spacial score (nSPS) is 10.3. The van der Waals surface area contributed by atoms with Crippen molar-refractivity contribution in [2.45, 2.75) is 6.54 Å². The first kappa shape index (κ1) is 17.3. The maximum absolute atomic E-state index is 13.0. The van der Waals surface area contributed by atoms with Gasteiger partial charge in [0.15, 0.2) is 6.61 Å². The molecule has 0 aromatic heterocycles. The fraction of sp³-hybridized carbons (Fsp3) is 0.235. The molecule has 0 aliphatic heterocycles. The van der Waals surface area contributed by atoms with E-state index in [1.807, 2.05) is 24.3 Å². The van der Waals surface area contributed by atoms with Crippen LogP contribution in [0.4, 0.5) is 4.39 Å². The van der Waals surface area contributed by atoms with Crippen molar-refractivity contribution in [3.05, 3.63) is 58.3 Å². The summed E-state index contributed by atoms with van der Waals surface area (Å²) >= 11 is 3.20. The van der Waals surface area contributed by atoms with Crippen molar-refractivity contribution in [3.8, 4) is 11.5 Å². The van der Waals surface area contributed by atoms with Gasteiger partial charge < -0.3 is 14.4 Å². The minimum absolute atomic E-state index is 0.120. The third-order valence-electron chi connectivity index (χ3n) is 3.22. The Hall–Kier alpha value is -2.08. The molecule has 1 amide bonds. The van der Waals surface area contributed by atoms with E-state index in [9.17, 15) is 9.18 Å². The second-order valence-corrected chi connectivity index (χ2v) is 5.82. The van der Waals surface area contributed by atoms with Gasteiger partial charge in [-0.3, -0.25) is 4.79 Å². The summed E-state index contributed by atoms with van der Waals surface area (Å²) in [6, 6.07) is 11.6. The lowest BCUT2D eigenvalue weighted by Gasteiger charge is -2.18. The zero-order chi connectivity index (χ0) is 16.8. The molecule has 0 bridgehead atoms. The van der Waals surface area contributed by atoms with Crippen molar-refractivity contribution < 1.29 is 18.7 Å². The van der Waals surface area contributed by atoms with Crippen LogP contribution in [0.15, 0.2) is 46.9 Å². The average molecular weight is 382 g/mol. The van der Waals surface area contributed by atoms with Gasteiger partial charge in [-0.25, -0.2) is 4.39 Å². The molecule has 23 heavy (non-hydrogen) atoms. The van der Waals surface area contributed by atoms with Gasteiger partial charge in [0.25, 0.3) is 5.91 Å². The fourth-order valence-electron chi connectivity index (χ4n) is 1.97. The molecule has 0 saturated heterocycles. The highest BCUT2D eigenvalue weighted by atomic mass is 79.9. The summed E-state index contributed by atoms with van der Waals surface area (Å²) in [6.07, 6.45) is 0. The highest BCUT2D eigenvalue weighted by Gasteiger charge is 2.12. The van der Waals surface area contributed by atoms with Gasteiger partial charge in [0.1, 0.15) is 17.3 Å². The number of amides is 1. The van der Waals surface area contributed by atoms with Crippen LogP contribution in [0.3, 0.4) is 0 Å². The molecule has 0 fully saturated rings. The van der Waals surface area contributed by atoms with Crippen LogP contribution in [0.5, 0.6) is 11.5 Å². The SMILES string of the molecule is COc1cccc(CN(C)C(=O)COc2ccc(F)cc2Br)c1. The van der Waals surface area contributed by atoms with Gasteiger partial charge in [0, 0.05) is 13.6 Å². The smallest absolute Gasteiger partial charge is 0.260 e. The number of carbonyl (C=O) groups excluding carboxylic acids is 1. The molecular weight excluding hydrogens is 365 g/mol. The van der Waals surface area contributed by atoms with Crippen molar-refractivity contribution in [2.24, 2.45) is 0 Å². The van der Waals surface area contributed by atoms with Crippen LogP contribution in [0.25, 0.3) is 0 Å². The summed E-state index contributed by atoms with van der Waals surface area (Å²) in [5.74, 6) is 0.624. The summed E-state index contributed by atoms with van der Waals surface area (Å²) in [7, 11) is 3.30. The zero-order valence-corrected chi connectivity index (χ0v) is 14.5. The summed E-state index contributed by atoms with van der Waals surface area (Å²) in [5, 5.41) is 0. The summed E-state index contributed by atoms with van der Waals surface area (Å²) in [5.41, 5.74) is 0.961. The Labute approximate surface area is 142 Å². The van der Waals surface area contributed by atoms with Gasteiger partial charge in [-0.15, -0.1) is 0 Å². The molecule has 6 heteroatoms. The van der Waals surface area contributed by atoms with Crippen LogP contribution in [0, 0.1) is 5.82 Å². The number of likely N-dealkylation sites (N-methyl/N-ethyl adjacent to an activating group) is 1. The number of ether oxygens (including phenoxy) is 2. The molecule has 0 heterocycles. The van der Waals surface area contributed by atoms with E-state index in [0.29, 0.717) is 16.8 Å². The molecule has 2 aromatic rings. The molecule has 0 radical (unpaired) electrons. The highest BCUT2D eigenvalue weighted by molar-refractivity contribution is 9.10. The van der Waals surface area contributed by atoms with Gasteiger partial charge in [-0.05, 0) is 51.8 Å². The second-order valence-electron chi connectivity index (χ2n) is 4.96. The van der Waals surface area contributed by atoms with Crippen LogP contribution in [-0.2, 0) is 11.3 Å². The van der Waals surface area contributed by atoms with Gasteiger partial charge in [-0.1, -0.05) is 12.1 Å². The van der Waals surface area contributed by atoms with Gasteiger partial charge in [0.2, 0.25) is 0 Å². The summed E-state index contributed by atoms with van der Waals surface area (Å²) in [4.78, 5) is 13.7. The molecule has 0 unspecified atom stereocenters. The Balaban J connectivity index is 1.91. The predicted molar refractivity (Wildman–Crippen MR) is 89.1 cm³/mol. The largest absolute Gasteiger partial charge is 0.497 e. The van der Waals surface area contributed by atoms with E-state index in [0.717, 1.165) is 11.3 Å². The van der Waals surface area contributed by atoms with Crippen molar-refractivity contribution in [3.63, 3.8) is 0 Å². The van der Waals surface area contributed by atoms with Crippen LogP contribution in [0.1, 0.15) is 5.56 Å². The van der Waals surface area contributed by atoms with Crippen molar-refractivity contribution >= 4 is 21.8 Å². The van der Waals surface area contributed by atoms with Crippen LogP contribution in [0.2, 0.25) is 0 Å². The quantitative estimate of drug-likeness (QED) is 0.766. The molecule has 2 aromatic carbocycles. The minimum Gasteiger partial charge on any atom is -0.497 e. The van der Waals surface area contributed by atoms with Crippen LogP contribution < -0.4 is 9.47 Å². The predicted octanol–water partition coefficient (Wildman–Crippen LogP) is 3.63. The number of hydrogen-bond acceptors (Lipinski definition) is 3. The van der Waals surface area contributed by atoms with E-state index in [1.165, 1.54) is 18.2 Å². The Bertz CT molecular complexity index is 693. The maximum atomic E-state index is 13.0. The van der Waals surface area contributed by atoms with E-state index >= 15 is 0 Å². The molecule has 122 valence electrons. The second kappa shape index (κ2) is 7.97. The number of carbonyl (C=O) groups is 1. The van der Waals surface area contributed by atoms with Crippen molar-refractivity contribution in [1.29, 1.82) is 0 Å². The molecule has 4 nitrogen and oxygen atoms in total. The first-order valence-electron chi connectivity index (χ1n) is 6.94. The van der Waals surface area contributed by atoms with Gasteiger partial charge >= 0.3 is 0 Å². The molecule has 0 saturated carbocycles. The number of benzene rings is 2. The highest BCUT2D eigenvalue weighted by Crippen LogP contribution is 2.25. The number of nitrogens with zero attached hydrogens (tertiary/aromatic N) is 1. The van der Waals surface area contributed by atoms with Crippen LogP contribution >= 0.6 is 15.9 Å². The number of hydrogen-bond donors (Lipinski definition) is 0. The molecule has 0 aliphatic carbocycles. The fourth-order valence-corrected chi connectivity index (χ4v) is 2.44. The average Bonchev–Trinajstić information content (AvgIpc) is 2.54. The van der Waals surface area contributed by atoms with Crippen LogP contribution in [-0.4, -0.2) is 31.6 Å². The van der Waals surface area contributed by atoms with E-state index < -0.39 is 0 Å². The van der Waals surface area contributed by atoms with E-state index in [2.05, 4.69) is 15.9 Å². The Morgan fingerprint density at radius 1 is 1.26 bits per heavy atom. The first-order valence-corrected chi connectivity index (χ1v) is 7.73. The van der Waals surface area contributed by atoms with E-state index in [1.54, 1.807) is 19.1 Å². The van der Waals surface area contributed by atoms with Gasteiger partial charge in [-0.2, -0.15) is 0 Å². The Morgan fingerprint density at radius 3 is 2.74 bits per heavy atom. The lowest BCUT2D eigenvalue weighted by atomic mass is 10.2. The van der Waals surface area contributed by atoms with Crippen molar-refractivity contribution in [2.75, 3.05) is 20.8 Å². The Kier molecular flexibility index (Phi) is 5.98. The monoisotopic (exact) mass is 381 g/mol. The third kappa shape index (κ3) is 4.96. The molecular formula is C17H17BrFNO3. The molecule has 0 aliphatic rings. The number of methoxy groups -OCH3 is 1. The standard InChI is InChI=1S/C17H17BrFNO3/c1-20(10-12-4-3-5-14(8-12)22-2)17(21)11-23-16-7-6-13(19)9-15(16)18/h3-9H,10-11H2,1-2H3. The topological polar surface area (TPSA) is 38.8 Å². The van der Waals surface area contributed by atoms with E-state index in [4.69, 9.17) is 9.47 Å². The Morgan fingerprint density at radius 2 is 2.04 bits per heavy atom. The summed E-state index contributed by atoms with van der Waals surface area (Å²) in [6.45, 7) is 0.328. The molecule has 0 spiro atoms. The first-order chi connectivity index (χ1) is 11.0. The molecule has 2 rings (SSSR count). The summed E-state index contributed by atoms with van der Waals surface area (Å²) < 4.78 is 24.1. The molecule has 0 N–H and O–H groups in total. The lowest BCUT2D eigenvalue weighted by molar-refractivity contribution is -0.132. The van der Waals surface area contributed by atoms with Gasteiger partial charge in [0.05, 0.1) is 11.6 Å². The lowest BCUT2D eigenvalue weighted by Crippen LogP contribution is -2.31. The third-order valence-corrected chi connectivity index (χ3v) is 3.84. The number of rotatable bonds is 6. The minimum atomic E-state index is -0.370. The van der Waals surface area contributed by atoms with E-state index in [-0.39, 0.29) is 18.3 Å². The molecule has 0 atom stereocenters. The maximum Gasteiger partial charge on any atom is 0.260 e. The number of halogens is 2. The van der Waals surface area contributed by atoms with Crippen molar-refractivity contribution in [1.82, 2.24) is 4.90 Å².